The van der Waals surface area contributed by atoms with Gasteiger partial charge in [-0.3, -0.25) is 4.79 Å². The first-order chi connectivity index (χ1) is 47.5. The number of aliphatic hydroxyl groups excluding tert-OH is 14. The average molecular weight is 1440 g/mol. The van der Waals surface area contributed by atoms with Gasteiger partial charge in [0.25, 0.3) is 0 Å². The van der Waals surface area contributed by atoms with Gasteiger partial charge in [0.1, 0.15) is 109 Å². The molecule has 1 aromatic carbocycles. The van der Waals surface area contributed by atoms with Gasteiger partial charge in [0.2, 0.25) is 6.29 Å². The van der Waals surface area contributed by atoms with Crippen LogP contribution in [0.4, 0.5) is 0 Å². The lowest BCUT2D eigenvalue weighted by Gasteiger charge is -2.71. The summed E-state index contributed by atoms with van der Waals surface area (Å²) in [4.78, 5) is 56.3. The number of aliphatic carboxylic acids is 1. The van der Waals surface area contributed by atoms with E-state index >= 15 is 4.79 Å². The van der Waals surface area contributed by atoms with Gasteiger partial charge in [-0.1, -0.05) is 65.3 Å². The number of hydrogen-bond acceptors (Lipinski definition) is 30. The first-order valence-corrected chi connectivity index (χ1v) is 34.9. The number of benzene rings is 1. The molecule has 0 aromatic heterocycles. The van der Waals surface area contributed by atoms with Crippen LogP contribution < -0.4 is 4.74 Å². The van der Waals surface area contributed by atoms with Gasteiger partial charge < -0.3 is 138 Å². The largest absolute Gasteiger partial charge is 0.497 e. The summed E-state index contributed by atoms with van der Waals surface area (Å²) in [6.45, 7) is 13.5. The SMILES string of the molecule is COc1ccc(/C=C/C(=O)O[C@@H]2[C@H](O)[C@@H](O[C@@H]3O[C@@H](C)[C@H](O)[C@@H](O)[C@H]3O[C@@H]3O[C@H](CO)[C@@H](O)[C@H](O)[C@H]3O)[C@H](OC(=O)[C@]34CCC(C)(C)C[C@H]3C3=CC[C@@H]5[C@@]6(C)CC[C@H](O[C@@H]7O[C@H](C(=O)O)[C@@H](O)[C@H](O)[C@H]7O[C@@H]7O[C@H](CO)[C@H](O)[C@H](O)[C@H]7O)[C@@](C)(C=O)[C@@H]6CC[C@@]5(C)[C@]3(C)C[C@H]4O)O[C@@H]2C)cc1. The summed E-state index contributed by atoms with van der Waals surface area (Å²) in [5.41, 5.74) is -4.09. The second-order valence-corrected chi connectivity index (χ2v) is 31.4. The Morgan fingerprint density at radius 1 is 0.564 bits per heavy atom. The van der Waals surface area contributed by atoms with E-state index in [2.05, 4.69) is 40.7 Å². The Bertz CT molecular complexity index is 3170. The van der Waals surface area contributed by atoms with Crippen molar-refractivity contribution in [2.24, 2.45) is 50.2 Å². The Morgan fingerprint density at radius 2 is 1.13 bits per heavy atom. The minimum atomic E-state index is -2.12. The molecule has 31 nitrogen and oxygen atoms in total. The topological polar surface area (TPSA) is 482 Å². The Balaban J connectivity index is 0.884. The van der Waals surface area contributed by atoms with Crippen molar-refractivity contribution in [1.29, 1.82) is 0 Å². The standard InChI is InChI=1S/C70H102O31/c1-29-42(76)47(81)55(98-59-50(84)45(79)43(77)35(26-71)93-59)61(91-29)100-57-52(86)53(96-41(75)17-12-31-10-13-32(90-9)14-11-31)30(2)92-62(57)101-64(89)70-23-22-65(3,4)24-34(70)33-15-16-38-66(5)20-19-40(67(6,28-73)37(66)18-21-68(38,7)69(33,8)25-39(70)74)95-63-56(49(83)48(82)54(97-63)58(87)88)99-60-51(85)46(80)44(78)36(27-72)94-60/h10-15,17,28-30,34-40,42-57,59-63,71-72,74,76-86H,16,18-27H2,1-9H3,(H,87,88)/b17-12+/t29-,30+,34-,35+,36+,37+,38+,39+,40-,42-,43+,44-,45-,46-,47+,48-,49-,50+,51+,52-,53-,54-,55+,56+,57+,59-,60-,61-,62-,63+,66-,67-,68+,69+,70+/m0/s1. The molecule has 568 valence electrons. The molecule has 101 heavy (non-hydrogen) atoms. The van der Waals surface area contributed by atoms with Crippen molar-refractivity contribution in [3.05, 3.63) is 47.6 Å². The van der Waals surface area contributed by atoms with E-state index in [1.54, 1.807) is 31.2 Å². The van der Waals surface area contributed by atoms with Crippen molar-refractivity contribution in [2.75, 3.05) is 20.3 Å². The number of ether oxygens (including phenoxy) is 12. The van der Waals surface area contributed by atoms with Crippen LogP contribution in [0.2, 0.25) is 0 Å². The van der Waals surface area contributed by atoms with E-state index in [4.69, 9.17) is 56.8 Å². The van der Waals surface area contributed by atoms with Crippen molar-refractivity contribution < 1.29 is 153 Å². The first kappa shape index (κ1) is 77.8. The van der Waals surface area contributed by atoms with E-state index in [0.717, 1.165) is 17.9 Å². The average Bonchev–Trinajstić information content (AvgIpc) is 0.671. The van der Waals surface area contributed by atoms with Crippen LogP contribution in [-0.2, 0) is 71.3 Å². The van der Waals surface area contributed by atoms with E-state index in [1.165, 1.54) is 27.0 Å². The Hall–Kier alpha value is -4.34. The first-order valence-electron chi connectivity index (χ1n) is 34.9. The van der Waals surface area contributed by atoms with Gasteiger partial charge in [0.15, 0.2) is 43.5 Å². The fourth-order valence-electron chi connectivity index (χ4n) is 19.0. The third kappa shape index (κ3) is 13.6. The van der Waals surface area contributed by atoms with Crippen LogP contribution in [0.25, 0.3) is 6.08 Å². The zero-order valence-corrected chi connectivity index (χ0v) is 58.0. The summed E-state index contributed by atoms with van der Waals surface area (Å²) in [6, 6.07) is 6.72. The van der Waals surface area contributed by atoms with Crippen LogP contribution in [0.15, 0.2) is 42.0 Å². The van der Waals surface area contributed by atoms with Gasteiger partial charge >= 0.3 is 17.9 Å². The van der Waals surface area contributed by atoms with Crippen molar-refractivity contribution in [3.8, 4) is 5.75 Å². The van der Waals surface area contributed by atoms with Crippen molar-refractivity contribution in [3.63, 3.8) is 0 Å². The summed E-state index contributed by atoms with van der Waals surface area (Å²) < 4.78 is 72.2. The van der Waals surface area contributed by atoms with Crippen LogP contribution in [0.3, 0.4) is 0 Å². The van der Waals surface area contributed by atoms with E-state index in [0.29, 0.717) is 49.8 Å². The number of carboxylic acid groups (broad SMARTS) is 1. The predicted octanol–water partition coefficient (Wildman–Crippen LogP) is -1.64. The predicted molar refractivity (Wildman–Crippen MR) is 341 cm³/mol. The molecule has 4 saturated carbocycles. The smallest absolute Gasteiger partial charge is 0.335 e. The molecule has 1 aromatic rings. The van der Waals surface area contributed by atoms with E-state index in [1.807, 2.05) is 0 Å². The lowest BCUT2D eigenvalue weighted by Crippen LogP contribution is -2.69. The third-order valence-corrected chi connectivity index (χ3v) is 25.2. The minimum Gasteiger partial charge on any atom is -0.497 e. The Kier molecular flexibility index (Phi) is 22.7. The maximum absolute atomic E-state index is 16.0. The molecule has 5 aliphatic carbocycles. The van der Waals surface area contributed by atoms with Gasteiger partial charge in [-0.05, 0) is 135 Å². The number of rotatable bonds is 18. The molecule has 31 heteroatoms. The molecule has 15 N–H and O–H groups in total. The normalized spacial score (nSPS) is 49.7. The summed E-state index contributed by atoms with van der Waals surface area (Å²) >= 11 is 0. The van der Waals surface area contributed by atoms with Crippen LogP contribution in [-0.4, -0.2) is 287 Å². The number of allylic oxidation sites excluding steroid dienone is 2. The third-order valence-electron chi connectivity index (χ3n) is 25.2. The molecule has 0 amide bonds. The quantitative estimate of drug-likeness (QED) is 0.0258. The molecule has 35 atom stereocenters. The summed E-state index contributed by atoms with van der Waals surface area (Å²) in [5, 5.41) is 166. The number of methoxy groups -OCH3 is 1. The fraction of sp³-hybridized carbons (Fsp3) is 0.800. The van der Waals surface area contributed by atoms with Crippen LogP contribution in [0.1, 0.15) is 119 Å². The molecule has 0 unspecified atom stereocenters. The van der Waals surface area contributed by atoms with Gasteiger partial charge in [-0.15, -0.1) is 0 Å². The zero-order valence-electron chi connectivity index (χ0n) is 58.0. The van der Waals surface area contributed by atoms with Crippen molar-refractivity contribution >= 4 is 30.3 Å². The van der Waals surface area contributed by atoms with E-state index < -0.39 is 241 Å². The lowest BCUT2D eigenvalue weighted by atomic mass is 9.33. The Labute approximate surface area is 583 Å². The second kappa shape index (κ2) is 29.4. The highest BCUT2D eigenvalue weighted by Crippen LogP contribution is 2.76. The van der Waals surface area contributed by atoms with Gasteiger partial charge in [-0.25, -0.2) is 9.59 Å². The number of aliphatic hydroxyl groups is 14. The molecular formula is C70H102O31. The summed E-state index contributed by atoms with van der Waals surface area (Å²) in [6.07, 6.45) is -39.6. The Morgan fingerprint density at radius 3 is 1.70 bits per heavy atom. The van der Waals surface area contributed by atoms with E-state index in [-0.39, 0.29) is 25.2 Å². The number of aldehydes is 1. The highest BCUT2D eigenvalue weighted by Gasteiger charge is 2.73. The minimum absolute atomic E-state index is 0.0423. The summed E-state index contributed by atoms with van der Waals surface area (Å²) in [5.74, 6) is -4.29. The number of carbonyl (C=O) groups is 4. The van der Waals surface area contributed by atoms with Crippen molar-refractivity contribution in [2.45, 2.75) is 279 Å². The second-order valence-electron chi connectivity index (χ2n) is 31.4. The molecule has 0 bridgehead atoms. The molecule has 5 aliphatic heterocycles. The van der Waals surface area contributed by atoms with Crippen molar-refractivity contribution in [1.82, 2.24) is 0 Å². The number of hydrogen-bond donors (Lipinski definition) is 15. The fourth-order valence-corrected chi connectivity index (χ4v) is 19.0. The van der Waals surface area contributed by atoms with Crippen LogP contribution >= 0.6 is 0 Å². The molecular weight excluding hydrogens is 1340 g/mol. The van der Waals surface area contributed by atoms with E-state index in [9.17, 15) is 91.0 Å². The summed E-state index contributed by atoms with van der Waals surface area (Å²) in [7, 11) is 1.50. The highest BCUT2D eigenvalue weighted by molar-refractivity contribution is 5.87. The van der Waals surface area contributed by atoms with Gasteiger partial charge in [-0.2, -0.15) is 0 Å². The molecule has 9 fully saturated rings. The lowest BCUT2D eigenvalue weighted by molar-refractivity contribution is -0.388. The number of esters is 2. The molecule has 5 saturated heterocycles. The van der Waals surface area contributed by atoms with Gasteiger partial charge in [0.05, 0.1) is 50.2 Å². The molecule has 11 rings (SSSR count). The van der Waals surface area contributed by atoms with Crippen LogP contribution in [0, 0.1) is 50.2 Å². The molecule has 5 heterocycles. The molecule has 10 aliphatic rings. The number of carbonyl (C=O) groups excluding carboxylic acids is 3. The van der Waals surface area contributed by atoms with Gasteiger partial charge in [0, 0.05) is 6.08 Å². The van der Waals surface area contributed by atoms with Crippen LogP contribution in [0.5, 0.6) is 5.75 Å². The molecule has 0 radical (unpaired) electrons. The maximum Gasteiger partial charge on any atom is 0.335 e. The highest BCUT2D eigenvalue weighted by atomic mass is 16.8. The number of carboxylic acids is 1. The zero-order chi connectivity index (χ0) is 73.7. The maximum atomic E-state index is 16.0. The number of fused-ring (bicyclic) bond motifs is 7. The monoisotopic (exact) mass is 1440 g/mol. The molecule has 0 spiro atoms.